The zero-order valence-corrected chi connectivity index (χ0v) is 17.9. The third-order valence-electron chi connectivity index (χ3n) is 3.95. The van der Waals surface area contributed by atoms with Crippen molar-refractivity contribution >= 4 is 58.4 Å². The maximum absolute atomic E-state index is 12.9. The van der Waals surface area contributed by atoms with E-state index < -0.39 is 6.04 Å². The molecule has 0 radical (unpaired) electrons. The molecule has 2 aromatic carbocycles. The normalized spacial score (nSPS) is 11.7. The van der Waals surface area contributed by atoms with Gasteiger partial charge in [-0.15, -0.1) is 11.8 Å². The van der Waals surface area contributed by atoms with Gasteiger partial charge in [0.1, 0.15) is 6.04 Å². The number of carbonyl (C=O) groups excluding carboxylic acids is 2. The van der Waals surface area contributed by atoms with Crippen molar-refractivity contribution in [2.75, 3.05) is 12.8 Å². The van der Waals surface area contributed by atoms with Crippen LogP contribution in [0.4, 0.5) is 0 Å². The second kappa shape index (κ2) is 10.2. The summed E-state index contributed by atoms with van der Waals surface area (Å²) in [7, 11) is 1.54. The van der Waals surface area contributed by atoms with Crippen LogP contribution in [-0.2, 0) is 16.1 Å². The molecule has 2 rings (SSSR count). The van der Waals surface area contributed by atoms with Gasteiger partial charge in [-0.3, -0.25) is 9.59 Å². The van der Waals surface area contributed by atoms with Crippen LogP contribution in [0, 0.1) is 0 Å². The van der Waals surface area contributed by atoms with E-state index in [0.717, 1.165) is 10.5 Å². The number of thioether (sulfide) groups is 1. The number of rotatable bonds is 7. The van der Waals surface area contributed by atoms with Gasteiger partial charge in [-0.1, -0.05) is 40.9 Å². The molecule has 1 unspecified atom stereocenters. The van der Waals surface area contributed by atoms with Crippen LogP contribution < -0.4 is 5.32 Å². The quantitative estimate of drug-likeness (QED) is 0.617. The van der Waals surface area contributed by atoms with Crippen LogP contribution in [-0.4, -0.2) is 35.6 Å². The van der Waals surface area contributed by atoms with Gasteiger partial charge in [0.25, 0.3) is 0 Å². The highest BCUT2D eigenvalue weighted by Crippen LogP contribution is 2.25. The Morgan fingerprint density at radius 1 is 1.07 bits per heavy atom. The Kier molecular flexibility index (Phi) is 8.29. The first-order valence-corrected chi connectivity index (χ1v) is 10.3. The van der Waals surface area contributed by atoms with Crippen LogP contribution in [0.3, 0.4) is 0 Å². The fourth-order valence-electron chi connectivity index (χ4n) is 2.38. The van der Waals surface area contributed by atoms with Gasteiger partial charge in [0.2, 0.25) is 11.8 Å². The van der Waals surface area contributed by atoms with Crippen molar-refractivity contribution in [2.45, 2.75) is 24.4 Å². The SMILES string of the molecule is CNC(=O)C(C)N(Cc1ccc(Cl)cc1Cl)C(=O)CSc1ccc(Cl)cc1. The molecule has 1 N–H and O–H groups in total. The summed E-state index contributed by atoms with van der Waals surface area (Å²) in [5.74, 6) is -0.226. The number of likely N-dealkylation sites (N-methyl/N-ethyl adjacent to an activating group) is 1. The number of amides is 2. The molecule has 0 spiro atoms. The zero-order chi connectivity index (χ0) is 20.0. The second-order valence-corrected chi connectivity index (χ2v) is 8.12. The summed E-state index contributed by atoms with van der Waals surface area (Å²) in [5.41, 5.74) is 0.724. The molecule has 0 heterocycles. The first-order valence-electron chi connectivity index (χ1n) is 8.15. The first kappa shape index (κ1) is 21.9. The number of hydrogen-bond acceptors (Lipinski definition) is 3. The van der Waals surface area contributed by atoms with Crippen LogP contribution in [0.25, 0.3) is 0 Å². The predicted octanol–water partition coefficient (Wildman–Crippen LogP) is 4.90. The molecule has 2 aromatic rings. The lowest BCUT2D eigenvalue weighted by Gasteiger charge is -2.28. The fourth-order valence-corrected chi connectivity index (χ4v) is 3.76. The van der Waals surface area contributed by atoms with E-state index in [-0.39, 0.29) is 24.1 Å². The van der Waals surface area contributed by atoms with Gasteiger partial charge in [-0.05, 0) is 48.9 Å². The summed E-state index contributed by atoms with van der Waals surface area (Å²) in [6.45, 7) is 1.90. The highest BCUT2D eigenvalue weighted by atomic mass is 35.5. The zero-order valence-electron chi connectivity index (χ0n) is 14.8. The number of carbonyl (C=O) groups is 2. The molecule has 4 nitrogen and oxygen atoms in total. The minimum Gasteiger partial charge on any atom is -0.357 e. The lowest BCUT2D eigenvalue weighted by Crippen LogP contribution is -2.47. The summed E-state index contributed by atoms with van der Waals surface area (Å²) < 4.78 is 0. The molecule has 1 atom stereocenters. The maximum atomic E-state index is 12.9. The predicted molar refractivity (Wildman–Crippen MR) is 113 cm³/mol. The Labute approximate surface area is 178 Å². The number of nitrogens with zero attached hydrogens (tertiary/aromatic N) is 1. The number of nitrogens with one attached hydrogen (secondary N) is 1. The minimum atomic E-state index is -0.639. The van der Waals surface area contributed by atoms with Crippen molar-refractivity contribution in [1.82, 2.24) is 10.2 Å². The lowest BCUT2D eigenvalue weighted by atomic mass is 10.1. The number of hydrogen-bond donors (Lipinski definition) is 1. The summed E-state index contributed by atoms with van der Waals surface area (Å²) in [5, 5.41) is 4.18. The van der Waals surface area contributed by atoms with Gasteiger partial charge in [0, 0.05) is 33.6 Å². The Morgan fingerprint density at radius 3 is 2.30 bits per heavy atom. The standard InChI is InChI=1S/C19H19Cl3N2O2S/c1-12(19(26)23-2)24(10-13-3-4-15(21)9-17(13)22)18(25)11-27-16-7-5-14(20)6-8-16/h3-9,12H,10-11H2,1-2H3,(H,23,26). The van der Waals surface area contributed by atoms with Crippen LogP contribution >= 0.6 is 46.6 Å². The van der Waals surface area contributed by atoms with E-state index in [1.807, 2.05) is 12.1 Å². The third-order valence-corrected chi connectivity index (χ3v) is 5.78. The minimum absolute atomic E-state index is 0.169. The van der Waals surface area contributed by atoms with Gasteiger partial charge < -0.3 is 10.2 Å². The molecule has 0 aliphatic carbocycles. The summed E-state index contributed by atoms with van der Waals surface area (Å²) in [4.78, 5) is 27.4. The van der Waals surface area contributed by atoms with Crippen LogP contribution in [0.15, 0.2) is 47.4 Å². The molecule has 0 fully saturated rings. The van der Waals surface area contributed by atoms with Gasteiger partial charge in [-0.2, -0.15) is 0 Å². The summed E-state index contributed by atoms with van der Waals surface area (Å²) >= 11 is 19.4. The monoisotopic (exact) mass is 444 g/mol. The van der Waals surface area contributed by atoms with Crippen molar-refractivity contribution in [3.05, 3.63) is 63.1 Å². The van der Waals surface area contributed by atoms with Crippen LogP contribution in [0.5, 0.6) is 0 Å². The van der Waals surface area contributed by atoms with E-state index in [1.165, 1.54) is 16.7 Å². The molecular formula is C19H19Cl3N2O2S. The van der Waals surface area contributed by atoms with Crippen molar-refractivity contribution in [1.29, 1.82) is 0 Å². The smallest absolute Gasteiger partial charge is 0.242 e. The largest absolute Gasteiger partial charge is 0.357 e. The Bertz CT molecular complexity index is 815. The molecule has 8 heteroatoms. The topological polar surface area (TPSA) is 49.4 Å². The van der Waals surface area contributed by atoms with Crippen LogP contribution in [0.2, 0.25) is 15.1 Å². The highest BCUT2D eigenvalue weighted by Gasteiger charge is 2.26. The molecule has 2 amide bonds. The van der Waals surface area contributed by atoms with Crippen molar-refractivity contribution < 1.29 is 9.59 Å². The van der Waals surface area contributed by atoms with Crippen molar-refractivity contribution in [3.8, 4) is 0 Å². The molecule has 0 bridgehead atoms. The molecule has 0 aliphatic rings. The van der Waals surface area contributed by atoms with E-state index >= 15 is 0 Å². The first-order chi connectivity index (χ1) is 12.8. The Morgan fingerprint density at radius 2 is 1.70 bits per heavy atom. The molecule has 0 saturated heterocycles. The lowest BCUT2D eigenvalue weighted by molar-refractivity contribution is -0.138. The molecule has 0 aliphatic heterocycles. The van der Waals surface area contributed by atoms with Crippen molar-refractivity contribution in [3.63, 3.8) is 0 Å². The van der Waals surface area contributed by atoms with E-state index in [4.69, 9.17) is 34.8 Å². The van der Waals surface area contributed by atoms with Crippen LogP contribution in [0.1, 0.15) is 12.5 Å². The van der Waals surface area contributed by atoms with E-state index in [2.05, 4.69) is 5.32 Å². The fraction of sp³-hybridized carbons (Fsp3) is 0.263. The molecule has 27 heavy (non-hydrogen) atoms. The molecule has 144 valence electrons. The molecular weight excluding hydrogens is 427 g/mol. The van der Waals surface area contributed by atoms with E-state index in [0.29, 0.717) is 15.1 Å². The van der Waals surface area contributed by atoms with Crippen molar-refractivity contribution in [2.24, 2.45) is 0 Å². The van der Waals surface area contributed by atoms with Gasteiger partial charge in [-0.25, -0.2) is 0 Å². The van der Waals surface area contributed by atoms with E-state index in [1.54, 1.807) is 44.3 Å². The summed E-state index contributed by atoms with van der Waals surface area (Å²) in [6.07, 6.45) is 0. The van der Waals surface area contributed by atoms with Gasteiger partial charge in [0.05, 0.1) is 5.75 Å². The Hall–Kier alpha value is -1.40. The summed E-state index contributed by atoms with van der Waals surface area (Å²) in [6, 6.07) is 11.7. The average molecular weight is 446 g/mol. The third kappa shape index (κ3) is 6.32. The second-order valence-electron chi connectivity index (χ2n) is 5.79. The highest BCUT2D eigenvalue weighted by molar-refractivity contribution is 8.00. The van der Waals surface area contributed by atoms with Gasteiger partial charge >= 0.3 is 0 Å². The number of halogens is 3. The number of benzene rings is 2. The maximum Gasteiger partial charge on any atom is 0.242 e. The average Bonchev–Trinajstić information content (AvgIpc) is 2.65. The van der Waals surface area contributed by atoms with Gasteiger partial charge in [0.15, 0.2) is 0 Å². The Balaban J connectivity index is 2.16. The van der Waals surface area contributed by atoms with E-state index in [9.17, 15) is 9.59 Å². The molecule has 0 aromatic heterocycles. The molecule has 0 saturated carbocycles.